The number of halogens is 1. The fourth-order valence-electron chi connectivity index (χ4n) is 7.09. The summed E-state index contributed by atoms with van der Waals surface area (Å²) in [4.78, 5) is 20.7. The van der Waals surface area contributed by atoms with Crippen molar-refractivity contribution in [1.82, 2.24) is 9.88 Å². The predicted molar refractivity (Wildman–Crippen MR) is 166 cm³/mol. The minimum atomic E-state index is -1.11. The van der Waals surface area contributed by atoms with Crippen molar-refractivity contribution in [1.29, 1.82) is 0 Å². The highest BCUT2D eigenvalue weighted by molar-refractivity contribution is 5.82. The van der Waals surface area contributed by atoms with Crippen LogP contribution in [0.1, 0.15) is 89.8 Å². The van der Waals surface area contributed by atoms with Crippen molar-refractivity contribution in [2.75, 3.05) is 38.2 Å². The Balaban J connectivity index is 1.06. The Morgan fingerprint density at radius 3 is 2.86 bits per heavy atom. The molecule has 5 aliphatic rings. The Bertz CT molecular complexity index is 1210. The number of aryl methyl sites for hydroxylation is 2. The topological polar surface area (TPSA) is 72.9 Å². The number of unbranched alkanes of at least 4 members (excludes halogenated alkanes) is 1. The molecule has 1 saturated carbocycles. The number of rotatable bonds is 10. The smallest absolute Gasteiger partial charge is 0.328 e. The second-order valence-electron chi connectivity index (χ2n) is 14.4. The van der Waals surface area contributed by atoms with Gasteiger partial charge < -0.3 is 19.5 Å². The maximum atomic E-state index is 14.9. The summed E-state index contributed by atoms with van der Waals surface area (Å²) in [5, 5.41) is 3.42. The fourth-order valence-corrected chi connectivity index (χ4v) is 7.09. The highest BCUT2D eigenvalue weighted by Gasteiger charge is 2.48. The van der Waals surface area contributed by atoms with E-state index < -0.39 is 17.8 Å². The summed E-state index contributed by atoms with van der Waals surface area (Å²) < 4.78 is 33.5. The molecule has 6 rings (SSSR count). The lowest BCUT2D eigenvalue weighted by Gasteiger charge is -2.37. The average molecular weight is 596 g/mol. The van der Waals surface area contributed by atoms with Crippen molar-refractivity contribution in [2.45, 2.75) is 121 Å². The van der Waals surface area contributed by atoms with Crippen LogP contribution in [0.4, 0.5) is 10.2 Å². The van der Waals surface area contributed by atoms with E-state index in [1.54, 1.807) is 6.08 Å². The van der Waals surface area contributed by atoms with Gasteiger partial charge in [-0.2, -0.15) is 0 Å². The third-order valence-electron chi connectivity index (χ3n) is 9.69. The van der Waals surface area contributed by atoms with Gasteiger partial charge in [0.2, 0.25) is 0 Å². The summed E-state index contributed by atoms with van der Waals surface area (Å²) in [6.45, 7) is 9.43. The van der Waals surface area contributed by atoms with Gasteiger partial charge in [0.1, 0.15) is 23.6 Å². The summed E-state index contributed by atoms with van der Waals surface area (Å²) in [5.41, 5.74) is 3.90. The maximum absolute atomic E-state index is 14.9. The lowest BCUT2D eigenvalue weighted by atomic mass is 9.83. The SMILES string of the molecule is CC(C)(C)OC(=O)C(C1=CC(F)CC=C1C1CCC2(CC2)CO1)N1CCC(OCCCCc2ccc3c(n2)NCCC3)C1. The number of aromatic nitrogens is 1. The molecule has 1 aromatic rings. The van der Waals surface area contributed by atoms with Crippen LogP contribution in [-0.2, 0) is 31.8 Å². The summed E-state index contributed by atoms with van der Waals surface area (Å²) in [6.07, 6.45) is 13.4. The lowest BCUT2D eigenvalue weighted by Crippen LogP contribution is -2.47. The molecule has 0 amide bonds. The summed E-state index contributed by atoms with van der Waals surface area (Å²) in [5.74, 6) is 0.735. The van der Waals surface area contributed by atoms with Gasteiger partial charge in [-0.3, -0.25) is 4.90 Å². The van der Waals surface area contributed by atoms with Gasteiger partial charge >= 0.3 is 5.97 Å². The van der Waals surface area contributed by atoms with E-state index in [0.717, 1.165) is 80.8 Å². The first-order valence-corrected chi connectivity index (χ1v) is 16.7. The van der Waals surface area contributed by atoms with E-state index in [-0.39, 0.29) is 18.2 Å². The number of carbonyl (C=O) groups excluding carboxylic acids is 1. The van der Waals surface area contributed by atoms with Crippen LogP contribution in [0.15, 0.2) is 35.4 Å². The van der Waals surface area contributed by atoms with E-state index in [0.29, 0.717) is 31.5 Å². The molecule has 8 heteroatoms. The van der Waals surface area contributed by atoms with Crippen LogP contribution in [0.5, 0.6) is 0 Å². The standard InChI is InChI=1S/C35H50FN3O4/c1-34(2,3)43-33(40)31(29-21-25(36)10-12-28(29)30-13-15-35(16-17-35)23-42-30)39-19-14-27(22-39)41-20-5-4-8-26-11-9-24-7-6-18-37-32(24)38-26/h9,11-12,21,25,27,30-31H,4-8,10,13-20,22-23H2,1-3H3,(H,37,38). The molecule has 0 bridgehead atoms. The second-order valence-corrected chi connectivity index (χ2v) is 14.4. The number of nitrogens with zero attached hydrogens (tertiary/aromatic N) is 2. The Kier molecular flexibility index (Phi) is 9.27. The number of alkyl halides is 1. The Morgan fingerprint density at radius 2 is 2.09 bits per heavy atom. The van der Waals surface area contributed by atoms with Crippen molar-refractivity contribution in [3.05, 3.63) is 46.7 Å². The van der Waals surface area contributed by atoms with Crippen molar-refractivity contribution in [2.24, 2.45) is 5.41 Å². The van der Waals surface area contributed by atoms with Gasteiger partial charge in [0.05, 0.1) is 18.8 Å². The van der Waals surface area contributed by atoms with E-state index in [2.05, 4.69) is 22.3 Å². The third-order valence-corrected chi connectivity index (χ3v) is 9.69. The van der Waals surface area contributed by atoms with Crippen LogP contribution in [0.25, 0.3) is 0 Å². The van der Waals surface area contributed by atoms with Crippen molar-refractivity contribution in [3.63, 3.8) is 0 Å². The van der Waals surface area contributed by atoms with E-state index in [1.807, 2.05) is 26.8 Å². The number of fused-ring (bicyclic) bond motifs is 1. The molecule has 0 aromatic carbocycles. The van der Waals surface area contributed by atoms with Crippen molar-refractivity contribution < 1.29 is 23.4 Å². The molecular formula is C35H50FN3O4. The molecule has 7 nitrogen and oxygen atoms in total. The fraction of sp³-hybridized carbons (Fsp3) is 0.714. The van der Waals surface area contributed by atoms with Crippen LogP contribution in [0.2, 0.25) is 0 Å². The minimum absolute atomic E-state index is 0.0365. The third kappa shape index (κ3) is 7.69. The minimum Gasteiger partial charge on any atom is -0.459 e. The highest BCUT2D eigenvalue weighted by Crippen LogP contribution is 2.53. The van der Waals surface area contributed by atoms with E-state index in [9.17, 15) is 9.18 Å². The molecule has 4 unspecified atom stereocenters. The quantitative estimate of drug-likeness (QED) is 0.258. The van der Waals surface area contributed by atoms with Crippen LogP contribution < -0.4 is 5.32 Å². The van der Waals surface area contributed by atoms with Gasteiger partial charge in [-0.15, -0.1) is 0 Å². The monoisotopic (exact) mass is 595 g/mol. The predicted octanol–water partition coefficient (Wildman–Crippen LogP) is 6.12. The van der Waals surface area contributed by atoms with E-state index in [4.69, 9.17) is 19.2 Å². The van der Waals surface area contributed by atoms with Gasteiger partial charge in [0.25, 0.3) is 0 Å². The largest absolute Gasteiger partial charge is 0.459 e. The normalized spacial score (nSPS) is 27.6. The molecular weight excluding hydrogens is 545 g/mol. The summed E-state index contributed by atoms with van der Waals surface area (Å²) in [7, 11) is 0. The average Bonchev–Trinajstić information content (AvgIpc) is 3.57. The van der Waals surface area contributed by atoms with Crippen LogP contribution in [0, 0.1) is 5.41 Å². The van der Waals surface area contributed by atoms with Crippen LogP contribution >= 0.6 is 0 Å². The molecule has 2 saturated heterocycles. The molecule has 3 aliphatic heterocycles. The van der Waals surface area contributed by atoms with Gasteiger partial charge in [-0.05, 0) is 119 Å². The van der Waals surface area contributed by atoms with Crippen LogP contribution in [0.3, 0.4) is 0 Å². The zero-order valence-electron chi connectivity index (χ0n) is 26.3. The number of likely N-dealkylation sites (tertiary alicyclic amines) is 1. The molecule has 0 radical (unpaired) electrons. The number of allylic oxidation sites excluding steroid dienone is 2. The van der Waals surface area contributed by atoms with Gasteiger partial charge in [0.15, 0.2) is 0 Å². The number of anilines is 1. The lowest BCUT2D eigenvalue weighted by molar-refractivity contribution is -0.159. The molecule has 236 valence electrons. The molecule has 1 N–H and O–H groups in total. The maximum Gasteiger partial charge on any atom is 0.328 e. The molecule has 4 heterocycles. The highest BCUT2D eigenvalue weighted by atomic mass is 19.1. The van der Waals surface area contributed by atoms with Crippen molar-refractivity contribution in [3.8, 4) is 0 Å². The van der Waals surface area contributed by atoms with Crippen molar-refractivity contribution >= 4 is 11.8 Å². The van der Waals surface area contributed by atoms with Crippen LogP contribution in [-0.4, -0.2) is 78.7 Å². The number of nitrogens with one attached hydrogen (secondary N) is 1. The zero-order valence-corrected chi connectivity index (χ0v) is 26.3. The van der Waals surface area contributed by atoms with Gasteiger partial charge in [0, 0.05) is 38.4 Å². The number of carbonyl (C=O) groups is 1. The first-order chi connectivity index (χ1) is 20.7. The zero-order chi connectivity index (χ0) is 30.0. The molecule has 2 aliphatic carbocycles. The molecule has 4 atom stereocenters. The number of hydrogen-bond acceptors (Lipinski definition) is 7. The Morgan fingerprint density at radius 1 is 1.23 bits per heavy atom. The molecule has 1 aromatic heterocycles. The van der Waals surface area contributed by atoms with Gasteiger partial charge in [-0.1, -0.05) is 12.1 Å². The van der Waals surface area contributed by atoms with E-state index >= 15 is 0 Å². The Labute approximate surface area is 256 Å². The molecule has 1 spiro atoms. The van der Waals surface area contributed by atoms with E-state index in [1.165, 1.54) is 24.8 Å². The number of esters is 1. The summed E-state index contributed by atoms with van der Waals surface area (Å²) in [6, 6.07) is 3.71. The summed E-state index contributed by atoms with van der Waals surface area (Å²) >= 11 is 0. The number of ether oxygens (including phenoxy) is 3. The first kappa shape index (κ1) is 30.7. The number of hydrogen-bond donors (Lipinski definition) is 1. The van der Waals surface area contributed by atoms with Gasteiger partial charge in [-0.25, -0.2) is 14.2 Å². The first-order valence-electron chi connectivity index (χ1n) is 16.7. The Hall–Kier alpha value is -2.29. The molecule has 3 fully saturated rings. The molecule has 43 heavy (non-hydrogen) atoms. The number of pyridine rings is 1. The second kappa shape index (κ2) is 13.0.